The molecule has 2 aliphatic heterocycles. The van der Waals surface area contributed by atoms with Crippen LogP contribution in [0.2, 0.25) is 0 Å². The van der Waals surface area contributed by atoms with Crippen LogP contribution < -0.4 is 10.4 Å². The lowest BCUT2D eigenvalue weighted by Gasteiger charge is -2.38. The average molecular weight is 391 g/mol. The molecule has 6 heteroatoms. The smallest absolute Gasteiger partial charge is 0.399 e. The van der Waals surface area contributed by atoms with Crippen molar-refractivity contribution in [3.8, 4) is 0 Å². The first kappa shape index (κ1) is 20.2. The fraction of sp³-hybridized carbons (Fsp3) is 0.727. The van der Waals surface area contributed by atoms with Crippen LogP contribution in [0.4, 0.5) is 14.5 Å². The number of halogens is 2. The molecule has 3 nitrogen and oxygen atoms in total. The predicted octanol–water partition coefficient (Wildman–Crippen LogP) is 4.71. The van der Waals surface area contributed by atoms with Crippen molar-refractivity contribution in [1.82, 2.24) is 0 Å². The summed E-state index contributed by atoms with van der Waals surface area (Å²) in [5.74, 6) is -2.48. The molecular formula is C22H32BF2NO2. The van der Waals surface area contributed by atoms with Crippen LogP contribution in [0.25, 0.3) is 0 Å². The summed E-state index contributed by atoms with van der Waals surface area (Å²) in [5.41, 5.74) is 2.85. The summed E-state index contributed by atoms with van der Waals surface area (Å²) >= 11 is 0. The summed E-state index contributed by atoms with van der Waals surface area (Å²) in [6, 6.07) is 6.69. The monoisotopic (exact) mass is 391 g/mol. The maximum Gasteiger partial charge on any atom is 0.494 e. The Balaban J connectivity index is 1.58. The van der Waals surface area contributed by atoms with Gasteiger partial charge in [-0.15, -0.1) is 0 Å². The summed E-state index contributed by atoms with van der Waals surface area (Å²) < 4.78 is 39.7. The van der Waals surface area contributed by atoms with E-state index in [1.807, 2.05) is 0 Å². The number of nitrogens with zero attached hydrogens (tertiary/aromatic N) is 1. The number of hydrogen-bond donors (Lipinski definition) is 0. The van der Waals surface area contributed by atoms with E-state index in [-0.39, 0.29) is 37.2 Å². The lowest BCUT2D eigenvalue weighted by Crippen LogP contribution is -2.42. The number of aryl methyl sites for hydroxylation is 1. The Morgan fingerprint density at radius 1 is 1.00 bits per heavy atom. The van der Waals surface area contributed by atoms with E-state index in [0.29, 0.717) is 12.8 Å². The summed E-state index contributed by atoms with van der Waals surface area (Å²) in [6.07, 6.45) is 4.41. The second kappa shape index (κ2) is 6.98. The van der Waals surface area contributed by atoms with Crippen LogP contribution in [-0.2, 0) is 15.7 Å². The number of hydrogen-bond acceptors (Lipinski definition) is 3. The van der Waals surface area contributed by atoms with Gasteiger partial charge in [-0.3, -0.25) is 0 Å². The van der Waals surface area contributed by atoms with Crippen LogP contribution >= 0.6 is 0 Å². The molecule has 1 aliphatic carbocycles. The second-order valence-electron chi connectivity index (χ2n) is 9.71. The minimum atomic E-state index is -2.48. The Morgan fingerprint density at radius 3 is 2.29 bits per heavy atom. The van der Waals surface area contributed by atoms with E-state index in [0.717, 1.165) is 31.3 Å². The molecule has 2 fully saturated rings. The molecule has 28 heavy (non-hydrogen) atoms. The maximum absolute atomic E-state index is 13.6. The normalized spacial score (nSPS) is 26.8. The van der Waals surface area contributed by atoms with E-state index in [9.17, 15) is 8.78 Å². The number of alkyl halides is 2. The van der Waals surface area contributed by atoms with Crippen molar-refractivity contribution in [2.24, 2.45) is 0 Å². The minimum Gasteiger partial charge on any atom is -0.399 e. The fourth-order valence-corrected chi connectivity index (χ4v) is 4.65. The molecule has 0 spiro atoms. The van der Waals surface area contributed by atoms with Gasteiger partial charge in [0.05, 0.1) is 11.2 Å². The SMILES string of the molecule is CC1(C)OB(c2ccc3c(c2)CCCCN3C2CCC(F)(F)CC2)OC1(C)C. The molecular weight excluding hydrogens is 359 g/mol. The molecule has 0 radical (unpaired) electrons. The zero-order valence-corrected chi connectivity index (χ0v) is 17.6. The first-order valence-corrected chi connectivity index (χ1v) is 10.7. The van der Waals surface area contributed by atoms with Crippen molar-refractivity contribution in [2.75, 3.05) is 11.4 Å². The Bertz CT molecular complexity index is 711. The topological polar surface area (TPSA) is 21.7 Å². The van der Waals surface area contributed by atoms with Gasteiger partial charge in [0.25, 0.3) is 0 Å². The van der Waals surface area contributed by atoms with Crippen molar-refractivity contribution in [3.05, 3.63) is 23.8 Å². The minimum absolute atomic E-state index is 0.00943. The highest BCUT2D eigenvalue weighted by molar-refractivity contribution is 6.62. The molecule has 0 N–H and O–H groups in total. The highest BCUT2D eigenvalue weighted by atomic mass is 19.3. The molecule has 3 aliphatic rings. The number of anilines is 1. The van der Waals surface area contributed by atoms with Gasteiger partial charge in [-0.1, -0.05) is 12.1 Å². The molecule has 0 unspecified atom stereocenters. The molecule has 1 aromatic rings. The van der Waals surface area contributed by atoms with Crippen molar-refractivity contribution < 1.29 is 18.1 Å². The summed E-state index contributed by atoms with van der Waals surface area (Å²) in [6.45, 7) is 9.22. The van der Waals surface area contributed by atoms with E-state index < -0.39 is 5.92 Å². The molecule has 0 bridgehead atoms. The lowest BCUT2D eigenvalue weighted by atomic mass is 9.77. The van der Waals surface area contributed by atoms with Crippen LogP contribution in [0.5, 0.6) is 0 Å². The van der Waals surface area contributed by atoms with Gasteiger partial charge >= 0.3 is 7.12 Å². The van der Waals surface area contributed by atoms with Gasteiger partial charge in [-0.2, -0.15) is 0 Å². The maximum atomic E-state index is 13.6. The van der Waals surface area contributed by atoms with E-state index in [1.54, 1.807) is 0 Å². The summed E-state index contributed by atoms with van der Waals surface area (Å²) in [7, 11) is -0.361. The van der Waals surface area contributed by atoms with Gasteiger partial charge in [0, 0.05) is 31.1 Å². The van der Waals surface area contributed by atoms with Gasteiger partial charge in [-0.25, -0.2) is 8.78 Å². The van der Waals surface area contributed by atoms with Crippen molar-refractivity contribution in [2.45, 2.75) is 95.8 Å². The molecule has 0 atom stereocenters. The number of benzene rings is 1. The molecule has 1 saturated heterocycles. The van der Waals surface area contributed by atoms with Crippen LogP contribution in [-0.4, -0.2) is 36.8 Å². The largest absolute Gasteiger partial charge is 0.494 e. The van der Waals surface area contributed by atoms with Crippen LogP contribution in [0.3, 0.4) is 0 Å². The van der Waals surface area contributed by atoms with E-state index >= 15 is 0 Å². The van der Waals surface area contributed by atoms with Crippen LogP contribution in [0, 0.1) is 0 Å². The summed E-state index contributed by atoms with van der Waals surface area (Å²) in [4.78, 5) is 2.39. The van der Waals surface area contributed by atoms with Crippen molar-refractivity contribution in [3.63, 3.8) is 0 Å². The first-order valence-electron chi connectivity index (χ1n) is 10.7. The zero-order chi connectivity index (χ0) is 20.2. The third-order valence-electron chi connectivity index (χ3n) is 7.16. The van der Waals surface area contributed by atoms with Gasteiger partial charge in [0.2, 0.25) is 5.92 Å². The van der Waals surface area contributed by atoms with E-state index in [2.05, 4.69) is 50.8 Å². The third-order valence-corrected chi connectivity index (χ3v) is 7.16. The first-order chi connectivity index (χ1) is 13.1. The number of rotatable bonds is 2. The zero-order valence-electron chi connectivity index (χ0n) is 17.6. The molecule has 154 valence electrons. The third kappa shape index (κ3) is 3.70. The molecule has 1 saturated carbocycles. The molecule has 2 heterocycles. The van der Waals surface area contributed by atoms with Crippen LogP contribution in [0.15, 0.2) is 18.2 Å². The Morgan fingerprint density at radius 2 is 1.64 bits per heavy atom. The molecule has 4 rings (SSSR count). The van der Waals surface area contributed by atoms with Gasteiger partial charge in [-0.05, 0) is 76.9 Å². The standard InChI is InChI=1S/C22H32BF2NO2/c1-20(2)21(3,4)28-23(27-20)17-8-9-19-16(15-17)7-5-6-14-26(19)18-10-12-22(24,25)13-11-18/h8-9,15,18H,5-7,10-14H2,1-4H3. The number of fused-ring (bicyclic) bond motifs is 1. The second-order valence-corrected chi connectivity index (χ2v) is 9.71. The van der Waals surface area contributed by atoms with Crippen LogP contribution in [0.1, 0.15) is 71.8 Å². The van der Waals surface area contributed by atoms with Crippen molar-refractivity contribution in [1.29, 1.82) is 0 Å². The Kier molecular flexibility index (Phi) is 5.02. The molecule has 0 amide bonds. The predicted molar refractivity (Wildman–Crippen MR) is 110 cm³/mol. The van der Waals surface area contributed by atoms with E-state index in [1.165, 1.54) is 11.3 Å². The van der Waals surface area contributed by atoms with E-state index in [4.69, 9.17) is 9.31 Å². The van der Waals surface area contributed by atoms with Gasteiger partial charge in [0.1, 0.15) is 0 Å². The highest BCUT2D eigenvalue weighted by Gasteiger charge is 2.51. The van der Waals surface area contributed by atoms with Gasteiger partial charge in [0.15, 0.2) is 0 Å². The lowest BCUT2D eigenvalue weighted by molar-refractivity contribution is -0.0381. The van der Waals surface area contributed by atoms with Crippen molar-refractivity contribution >= 4 is 18.3 Å². The van der Waals surface area contributed by atoms with Gasteiger partial charge < -0.3 is 14.2 Å². The average Bonchev–Trinajstić information content (AvgIpc) is 2.75. The quantitative estimate of drug-likeness (QED) is 0.682. The molecule has 0 aromatic heterocycles. The molecule has 1 aromatic carbocycles. The summed E-state index contributed by atoms with van der Waals surface area (Å²) in [5, 5.41) is 0. The highest BCUT2D eigenvalue weighted by Crippen LogP contribution is 2.39. The fourth-order valence-electron chi connectivity index (χ4n) is 4.65. The Labute approximate surface area is 167 Å². The Hall–Kier alpha value is -1.14.